The molecule has 0 unspecified atom stereocenters. The molecule has 1 aromatic carbocycles. The van der Waals surface area contributed by atoms with Crippen molar-refractivity contribution >= 4 is 27.1 Å². The molecule has 1 fully saturated rings. The number of anilines is 2. The molecular weight excluding hydrogens is 322 g/mol. The molecule has 126 valence electrons. The van der Waals surface area contributed by atoms with Crippen molar-refractivity contribution in [3.8, 4) is 5.75 Å². The van der Waals surface area contributed by atoms with Gasteiger partial charge in [-0.05, 0) is 37.6 Å². The number of methoxy groups -OCH3 is 1. The minimum Gasteiger partial charge on any atom is -0.497 e. The van der Waals surface area contributed by atoms with Crippen LogP contribution >= 0.6 is 11.3 Å². The van der Waals surface area contributed by atoms with Gasteiger partial charge < -0.3 is 14.5 Å². The number of hydrogen-bond acceptors (Lipinski definition) is 6. The van der Waals surface area contributed by atoms with Crippen molar-refractivity contribution < 1.29 is 4.74 Å². The fourth-order valence-electron chi connectivity index (χ4n) is 3.09. The Balaban J connectivity index is 1.47. The van der Waals surface area contributed by atoms with Gasteiger partial charge in [0.25, 0.3) is 0 Å². The molecule has 0 atom stereocenters. The highest BCUT2D eigenvalue weighted by molar-refractivity contribution is 7.20. The molecule has 1 aliphatic heterocycles. The van der Waals surface area contributed by atoms with Crippen LogP contribution < -0.4 is 14.5 Å². The maximum absolute atomic E-state index is 5.24. The molecule has 0 N–H and O–H groups in total. The second kappa shape index (κ2) is 6.32. The Kier molecular flexibility index (Phi) is 4.02. The summed E-state index contributed by atoms with van der Waals surface area (Å²) >= 11 is 1.67. The lowest BCUT2D eigenvalue weighted by atomic mass is 10.2. The largest absolute Gasteiger partial charge is 0.497 e. The lowest BCUT2D eigenvalue weighted by Gasteiger charge is -2.23. The molecule has 0 bridgehead atoms. The molecule has 0 radical (unpaired) electrons. The van der Waals surface area contributed by atoms with Crippen molar-refractivity contribution in [1.29, 1.82) is 0 Å². The molecule has 0 spiro atoms. The first-order chi connectivity index (χ1) is 11.7. The Hall–Kier alpha value is -2.28. The van der Waals surface area contributed by atoms with Crippen LogP contribution in [0.3, 0.4) is 0 Å². The van der Waals surface area contributed by atoms with Gasteiger partial charge in [0.1, 0.15) is 5.75 Å². The van der Waals surface area contributed by atoms with Gasteiger partial charge in [-0.3, -0.25) is 0 Å². The van der Waals surface area contributed by atoms with Gasteiger partial charge >= 0.3 is 0 Å². The van der Waals surface area contributed by atoms with Crippen LogP contribution in [0.1, 0.15) is 12.1 Å². The first kappa shape index (κ1) is 15.3. The summed E-state index contributed by atoms with van der Waals surface area (Å²) < 4.78 is 7.13. The number of benzene rings is 1. The molecule has 3 heterocycles. The lowest BCUT2D eigenvalue weighted by Crippen LogP contribution is -2.30. The van der Waals surface area contributed by atoms with Gasteiger partial charge in [-0.2, -0.15) is 0 Å². The Labute approximate surface area is 145 Å². The van der Waals surface area contributed by atoms with E-state index in [1.54, 1.807) is 18.4 Å². The molecule has 1 saturated heterocycles. The first-order valence-corrected chi connectivity index (χ1v) is 9.01. The Morgan fingerprint density at radius 1 is 1.04 bits per heavy atom. The van der Waals surface area contributed by atoms with E-state index in [0.29, 0.717) is 0 Å². The number of nitrogens with zero attached hydrogens (tertiary/aromatic N) is 5. The molecule has 0 amide bonds. The summed E-state index contributed by atoms with van der Waals surface area (Å²) in [5.74, 6) is 0.900. The summed E-state index contributed by atoms with van der Waals surface area (Å²) in [6.45, 7) is 6.06. The summed E-state index contributed by atoms with van der Waals surface area (Å²) in [6, 6.07) is 8.32. The molecule has 6 nitrogen and oxygen atoms in total. The van der Waals surface area contributed by atoms with Crippen molar-refractivity contribution in [2.45, 2.75) is 13.3 Å². The van der Waals surface area contributed by atoms with Gasteiger partial charge in [-0.25, -0.2) is 9.50 Å². The van der Waals surface area contributed by atoms with E-state index < -0.39 is 0 Å². The van der Waals surface area contributed by atoms with Gasteiger partial charge in [0, 0.05) is 31.9 Å². The first-order valence-electron chi connectivity index (χ1n) is 8.20. The van der Waals surface area contributed by atoms with E-state index in [4.69, 9.17) is 4.74 Å². The average molecular weight is 343 g/mol. The number of ether oxygens (including phenoxy) is 1. The average Bonchev–Trinajstić information content (AvgIpc) is 3.02. The van der Waals surface area contributed by atoms with E-state index in [9.17, 15) is 0 Å². The maximum Gasteiger partial charge on any atom is 0.214 e. The molecular formula is C17H21N5OS. The van der Waals surface area contributed by atoms with Gasteiger partial charge in [0.15, 0.2) is 0 Å². The molecule has 7 heteroatoms. The SMILES string of the molecule is COc1ccc(N2CCCN(c3nn4cc(C)nc4s3)CC2)cc1. The second-order valence-corrected chi connectivity index (χ2v) is 6.95. The van der Waals surface area contributed by atoms with Gasteiger partial charge in [-0.1, -0.05) is 11.3 Å². The zero-order valence-electron chi connectivity index (χ0n) is 14.0. The standard InChI is InChI=1S/C17H21N5OS/c1-13-12-22-16(18-13)24-17(19-22)21-9-3-8-20(10-11-21)14-4-6-15(23-2)7-5-14/h4-7,12H,3,8-11H2,1-2H3. The molecule has 2 aromatic heterocycles. The summed E-state index contributed by atoms with van der Waals surface area (Å²) in [5.41, 5.74) is 2.27. The van der Waals surface area contributed by atoms with Crippen LogP contribution in [0.2, 0.25) is 0 Å². The highest BCUT2D eigenvalue weighted by Gasteiger charge is 2.19. The van der Waals surface area contributed by atoms with E-state index in [1.807, 2.05) is 29.8 Å². The third-order valence-electron chi connectivity index (χ3n) is 4.36. The fourth-order valence-corrected chi connectivity index (χ4v) is 4.07. The van der Waals surface area contributed by atoms with Crippen LogP contribution in [-0.2, 0) is 0 Å². The second-order valence-electron chi connectivity index (χ2n) is 6.02. The minimum absolute atomic E-state index is 0.900. The predicted molar refractivity (Wildman–Crippen MR) is 97.6 cm³/mol. The van der Waals surface area contributed by atoms with E-state index in [2.05, 4.69) is 32.0 Å². The van der Waals surface area contributed by atoms with Crippen molar-refractivity contribution in [2.24, 2.45) is 0 Å². The van der Waals surface area contributed by atoms with Crippen molar-refractivity contribution in [2.75, 3.05) is 43.1 Å². The highest BCUT2D eigenvalue weighted by atomic mass is 32.1. The molecule has 4 rings (SSSR count). The van der Waals surface area contributed by atoms with Gasteiger partial charge in [0.2, 0.25) is 10.1 Å². The van der Waals surface area contributed by atoms with Gasteiger partial charge in [-0.15, -0.1) is 5.10 Å². The van der Waals surface area contributed by atoms with Crippen LogP contribution in [0.5, 0.6) is 5.75 Å². The number of hydrogen-bond donors (Lipinski definition) is 0. The lowest BCUT2D eigenvalue weighted by molar-refractivity contribution is 0.415. The van der Waals surface area contributed by atoms with Crippen LogP contribution in [-0.4, -0.2) is 47.9 Å². The molecule has 24 heavy (non-hydrogen) atoms. The van der Waals surface area contributed by atoms with E-state index >= 15 is 0 Å². The number of rotatable bonds is 3. The Morgan fingerprint density at radius 3 is 2.54 bits per heavy atom. The zero-order chi connectivity index (χ0) is 16.5. The molecule has 0 aliphatic carbocycles. The molecule has 1 aliphatic rings. The summed E-state index contributed by atoms with van der Waals surface area (Å²) in [4.78, 5) is 10.3. The van der Waals surface area contributed by atoms with Crippen LogP contribution in [0.4, 0.5) is 10.8 Å². The number of fused-ring (bicyclic) bond motifs is 1. The predicted octanol–water partition coefficient (Wildman–Crippen LogP) is 2.82. The number of imidazole rings is 1. The third-order valence-corrected chi connectivity index (χ3v) is 5.34. The zero-order valence-corrected chi connectivity index (χ0v) is 14.8. The molecule has 3 aromatic rings. The summed E-state index contributed by atoms with van der Waals surface area (Å²) in [7, 11) is 1.70. The van der Waals surface area contributed by atoms with Crippen LogP contribution in [0.15, 0.2) is 30.5 Å². The number of aromatic nitrogens is 3. The minimum atomic E-state index is 0.900. The normalized spacial score (nSPS) is 15.8. The highest BCUT2D eigenvalue weighted by Crippen LogP contribution is 2.26. The van der Waals surface area contributed by atoms with Crippen molar-refractivity contribution in [3.63, 3.8) is 0 Å². The van der Waals surface area contributed by atoms with Gasteiger partial charge in [0.05, 0.1) is 19.0 Å². The summed E-state index contributed by atoms with van der Waals surface area (Å²) in [6.07, 6.45) is 3.10. The fraction of sp³-hybridized carbons (Fsp3) is 0.412. The van der Waals surface area contributed by atoms with Crippen molar-refractivity contribution in [1.82, 2.24) is 14.6 Å². The van der Waals surface area contributed by atoms with E-state index in [-0.39, 0.29) is 0 Å². The smallest absolute Gasteiger partial charge is 0.214 e. The van der Waals surface area contributed by atoms with Crippen LogP contribution in [0, 0.1) is 6.92 Å². The monoisotopic (exact) mass is 343 g/mol. The Bertz CT molecular complexity index is 794. The van der Waals surface area contributed by atoms with E-state index in [1.165, 1.54) is 5.69 Å². The Morgan fingerprint density at radius 2 is 1.79 bits per heavy atom. The topological polar surface area (TPSA) is 45.9 Å². The molecule has 0 saturated carbocycles. The van der Waals surface area contributed by atoms with Crippen molar-refractivity contribution in [3.05, 3.63) is 36.2 Å². The third kappa shape index (κ3) is 2.91. The quantitative estimate of drug-likeness (QED) is 0.732. The summed E-state index contributed by atoms with van der Waals surface area (Å²) in [5, 5.41) is 5.75. The maximum atomic E-state index is 5.24. The van der Waals surface area contributed by atoms with E-state index in [0.717, 1.165) is 54.1 Å². The van der Waals surface area contributed by atoms with Crippen LogP contribution in [0.25, 0.3) is 4.96 Å². The number of aryl methyl sites for hydroxylation is 1.